The van der Waals surface area contributed by atoms with Gasteiger partial charge in [0.1, 0.15) is 0 Å². The van der Waals surface area contributed by atoms with E-state index in [2.05, 4.69) is 43.6 Å². The summed E-state index contributed by atoms with van der Waals surface area (Å²) in [6, 6.07) is 0. The SMILES string of the molecule is C=CCN(CC(=C)C(=O)OC)C(C)(C)C. The van der Waals surface area contributed by atoms with Gasteiger partial charge in [0.25, 0.3) is 0 Å². The Morgan fingerprint density at radius 2 is 2.00 bits per heavy atom. The number of hydrogen-bond donors (Lipinski definition) is 0. The minimum Gasteiger partial charge on any atom is -0.466 e. The molecular formula is C12H21NO2. The van der Waals surface area contributed by atoms with E-state index in [1.54, 1.807) is 0 Å². The Kier molecular flexibility index (Phi) is 5.29. The topological polar surface area (TPSA) is 29.5 Å². The largest absolute Gasteiger partial charge is 0.466 e. The third-order valence-electron chi connectivity index (χ3n) is 2.15. The van der Waals surface area contributed by atoms with Gasteiger partial charge in [-0.2, -0.15) is 0 Å². The highest BCUT2D eigenvalue weighted by atomic mass is 16.5. The van der Waals surface area contributed by atoms with Crippen molar-refractivity contribution in [2.75, 3.05) is 20.2 Å². The Balaban J connectivity index is 4.49. The summed E-state index contributed by atoms with van der Waals surface area (Å²) < 4.78 is 4.61. The quantitative estimate of drug-likeness (QED) is 0.396. The van der Waals surface area contributed by atoms with Crippen LogP contribution in [0.15, 0.2) is 24.8 Å². The van der Waals surface area contributed by atoms with Crippen molar-refractivity contribution in [3.05, 3.63) is 24.8 Å². The zero-order chi connectivity index (χ0) is 12.1. The Bertz CT molecular complexity index is 251. The first-order chi connectivity index (χ1) is 6.82. The molecule has 0 heterocycles. The van der Waals surface area contributed by atoms with Crippen LogP contribution < -0.4 is 0 Å². The van der Waals surface area contributed by atoms with Crippen molar-refractivity contribution in [2.45, 2.75) is 26.3 Å². The van der Waals surface area contributed by atoms with Gasteiger partial charge in [-0.25, -0.2) is 4.79 Å². The van der Waals surface area contributed by atoms with E-state index in [9.17, 15) is 4.79 Å². The predicted octanol–water partition coefficient (Wildman–Crippen LogP) is 2.00. The number of esters is 1. The minimum absolute atomic E-state index is 0.0227. The number of carbonyl (C=O) groups is 1. The van der Waals surface area contributed by atoms with Crippen molar-refractivity contribution in [3.63, 3.8) is 0 Å². The van der Waals surface area contributed by atoms with Crippen LogP contribution in [-0.4, -0.2) is 36.6 Å². The number of hydrogen-bond acceptors (Lipinski definition) is 3. The van der Waals surface area contributed by atoms with E-state index >= 15 is 0 Å². The average Bonchev–Trinajstić information content (AvgIpc) is 2.14. The molecule has 0 unspecified atom stereocenters. The van der Waals surface area contributed by atoms with Crippen LogP contribution in [0.5, 0.6) is 0 Å². The molecule has 3 heteroatoms. The van der Waals surface area contributed by atoms with Crippen molar-refractivity contribution in [1.29, 1.82) is 0 Å². The summed E-state index contributed by atoms with van der Waals surface area (Å²) in [6.07, 6.45) is 1.82. The van der Waals surface area contributed by atoms with Gasteiger partial charge < -0.3 is 4.74 Å². The molecule has 0 N–H and O–H groups in total. The van der Waals surface area contributed by atoms with Crippen molar-refractivity contribution in [1.82, 2.24) is 4.90 Å². The van der Waals surface area contributed by atoms with Crippen LogP contribution in [-0.2, 0) is 9.53 Å². The first-order valence-corrected chi connectivity index (χ1v) is 4.95. The predicted molar refractivity (Wildman–Crippen MR) is 62.7 cm³/mol. The lowest BCUT2D eigenvalue weighted by atomic mass is 10.0. The fourth-order valence-corrected chi connectivity index (χ4v) is 1.17. The Morgan fingerprint density at radius 3 is 2.33 bits per heavy atom. The van der Waals surface area contributed by atoms with Crippen molar-refractivity contribution in [2.24, 2.45) is 0 Å². The maximum atomic E-state index is 11.2. The van der Waals surface area contributed by atoms with E-state index in [1.165, 1.54) is 7.11 Å². The molecule has 0 radical (unpaired) electrons. The molecule has 15 heavy (non-hydrogen) atoms. The number of nitrogens with zero attached hydrogens (tertiary/aromatic N) is 1. The molecule has 0 atom stereocenters. The van der Waals surface area contributed by atoms with E-state index < -0.39 is 0 Å². The third kappa shape index (κ3) is 4.79. The molecule has 3 nitrogen and oxygen atoms in total. The van der Waals surface area contributed by atoms with Crippen LogP contribution in [0.1, 0.15) is 20.8 Å². The smallest absolute Gasteiger partial charge is 0.334 e. The molecule has 0 aromatic carbocycles. The number of carbonyl (C=O) groups excluding carboxylic acids is 1. The lowest BCUT2D eigenvalue weighted by Gasteiger charge is -2.34. The zero-order valence-electron chi connectivity index (χ0n) is 10.2. The molecule has 0 bridgehead atoms. The highest BCUT2D eigenvalue weighted by Crippen LogP contribution is 2.14. The fraction of sp³-hybridized carbons (Fsp3) is 0.583. The molecule has 0 saturated carbocycles. The molecule has 0 aromatic rings. The van der Waals surface area contributed by atoms with E-state index in [4.69, 9.17) is 0 Å². The summed E-state index contributed by atoms with van der Waals surface area (Å²) >= 11 is 0. The van der Waals surface area contributed by atoms with E-state index in [0.29, 0.717) is 12.1 Å². The molecule has 0 amide bonds. The second kappa shape index (κ2) is 5.71. The van der Waals surface area contributed by atoms with Crippen LogP contribution in [0, 0.1) is 0 Å². The fourth-order valence-electron chi connectivity index (χ4n) is 1.17. The maximum absolute atomic E-state index is 11.2. The summed E-state index contributed by atoms with van der Waals surface area (Å²) in [7, 11) is 1.36. The summed E-state index contributed by atoms with van der Waals surface area (Å²) in [6.45, 7) is 14.9. The normalized spacial score (nSPS) is 11.3. The Labute approximate surface area is 92.4 Å². The molecule has 0 spiro atoms. The molecule has 0 saturated heterocycles. The molecule has 0 fully saturated rings. The van der Waals surface area contributed by atoms with Gasteiger partial charge >= 0.3 is 5.97 Å². The van der Waals surface area contributed by atoms with Gasteiger partial charge in [-0.15, -0.1) is 6.58 Å². The van der Waals surface area contributed by atoms with Crippen LogP contribution in [0.2, 0.25) is 0 Å². The molecule has 0 aliphatic carbocycles. The zero-order valence-corrected chi connectivity index (χ0v) is 10.2. The monoisotopic (exact) mass is 211 g/mol. The molecule has 0 aliphatic heterocycles. The van der Waals surface area contributed by atoms with Crippen molar-refractivity contribution in [3.8, 4) is 0 Å². The number of methoxy groups -OCH3 is 1. The number of ether oxygens (including phenoxy) is 1. The van der Waals surface area contributed by atoms with Gasteiger partial charge in [0, 0.05) is 24.2 Å². The first-order valence-electron chi connectivity index (χ1n) is 4.95. The number of rotatable bonds is 5. The van der Waals surface area contributed by atoms with Crippen LogP contribution in [0.4, 0.5) is 0 Å². The molecule has 0 rings (SSSR count). The Morgan fingerprint density at radius 1 is 1.47 bits per heavy atom. The highest BCUT2D eigenvalue weighted by molar-refractivity contribution is 5.88. The van der Waals surface area contributed by atoms with E-state index in [-0.39, 0.29) is 11.5 Å². The molecule has 0 aliphatic rings. The van der Waals surface area contributed by atoms with Crippen molar-refractivity contribution >= 4 is 5.97 Å². The van der Waals surface area contributed by atoms with Crippen LogP contribution >= 0.6 is 0 Å². The summed E-state index contributed by atoms with van der Waals surface area (Å²) in [5.41, 5.74) is 0.444. The lowest BCUT2D eigenvalue weighted by Crippen LogP contribution is -2.43. The summed E-state index contributed by atoms with van der Waals surface area (Å²) in [5.74, 6) is -0.353. The maximum Gasteiger partial charge on any atom is 0.334 e. The van der Waals surface area contributed by atoms with Gasteiger partial charge in [-0.3, -0.25) is 4.90 Å². The van der Waals surface area contributed by atoms with Crippen LogP contribution in [0.25, 0.3) is 0 Å². The average molecular weight is 211 g/mol. The van der Waals surface area contributed by atoms with Crippen molar-refractivity contribution < 1.29 is 9.53 Å². The standard InChI is InChI=1S/C12H21NO2/c1-7-8-13(12(3,4)5)9-10(2)11(14)15-6/h7H,1-2,8-9H2,3-6H3. The summed E-state index contributed by atoms with van der Waals surface area (Å²) in [5, 5.41) is 0. The van der Waals surface area contributed by atoms with Crippen LogP contribution in [0.3, 0.4) is 0 Å². The highest BCUT2D eigenvalue weighted by Gasteiger charge is 2.22. The van der Waals surface area contributed by atoms with Gasteiger partial charge in [0.15, 0.2) is 0 Å². The van der Waals surface area contributed by atoms with Gasteiger partial charge in [-0.1, -0.05) is 12.7 Å². The molecule has 86 valence electrons. The first kappa shape index (κ1) is 13.9. The van der Waals surface area contributed by atoms with Gasteiger partial charge in [0.2, 0.25) is 0 Å². The van der Waals surface area contributed by atoms with Gasteiger partial charge in [0.05, 0.1) is 7.11 Å². The summed E-state index contributed by atoms with van der Waals surface area (Å²) in [4.78, 5) is 13.3. The van der Waals surface area contributed by atoms with Gasteiger partial charge in [-0.05, 0) is 20.8 Å². The molecular weight excluding hydrogens is 190 g/mol. The second-order valence-electron chi connectivity index (χ2n) is 4.44. The minimum atomic E-state index is -0.353. The van der Waals surface area contributed by atoms with E-state index in [1.807, 2.05) is 6.08 Å². The van der Waals surface area contributed by atoms with E-state index in [0.717, 1.165) is 6.54 Å². The molecule has 0 aromatic heterocycles. The lowest BCUT2D eigenvalue weighted by molar-refractivity contribution is -0.136. The Hall–Kier alpha value is -1.09. The second-order valence-corrected chi connectivity index (χ2v) is 4.44. The third-order valence-corrected chi connectivity index (χ3v) is 2.15.